The number of halogens is 2. The van der Waals surface area contributed by atoms with Crippen LogP contribution >= 0.6 is 27.5 Å². The van der Waals surface area contributed by atoms with Crippen LogP contribution in [0.2, 0.25) is 5.02 Å². The lowest BCUT2D eigenvalue weighted by molar-refractivity contribution is 0.0772. The molecule has 0 bridgehead atoms. The van der Waals surface area contributed by atoms with Gasteiger partial charge in [0.25, 0.3) is 5.91 Å². The molecule has 0 aliphatic carbocycles. The molecular formula is C25H31BrClN3O. The number of rotatable bonds is 6. The van der Waals surface area contributed by atoms with Crippen molar-refractivity contribution >= 4 is 39.1 Å². The van der Waals surface area contributed by atoms with Crippen LogP contribution in [0.3, 0.4) is 0 Å². The zero-order chi connectivity index (χ0) is 22.1. The number of likely N-dealkylation sites (tertiary alicyclic amines) is 2. The van der Waals surface area contributed by atoms with Crippen LogP contribution in [0.25, 0.3) is 0 Å². The number of hydrogen-bond donors (Lipinski definition) is 1. The van der Waals surface area contributed by atoms with Crippen molar-refractivity contribution in [3.63, 3.8) is 0 Å². The van der Waals surface area contributed by atoms with Gasteiger partial charge in [-0.2, -0.15) is 0 Å². The second kappa shape index (κ2) is 9.51. The standard InChI is InChI=1S/C25H31BrClN3O/c1-16-5-7-21(11-23(16)27)28-9-4-10-29-12-19-14-30(15-20(19)13-29)25(31)24-17(2)6-8-22(26)18(24)3/h5-8,11,19-20,28H,4,9-10,12-15H2,1-3H3. The monoisotopic (exact) mass is 503 g/mol. The number of nitrogens with one attached hydrogen (secondary N) is 1. The second-order valence-corrected chi connectivity index (χ2v) is 10.4. The van der Waals surface area contributed by atoms with Crippen molar-refractivity contribution in [3.8, 4) is 0 Å². The van der Waals surface area contributed by atoms with E-state index in [1.165, 1.54) is 0 Å². The molecule has 2 fully saturated rings. The van der Waals surface area contributed by atoms with Crippen LogP contribution < -0.4 is 5.32 Å². The van der Waals surface area contributed by atoms with Gasteiger partial charge in [-0.1, -0.05) is 39.7 Å². The number of amides is 1. The number of carbonyl (C=O) groups is 1. The van der Waals surface area contributed by atoms with Crippen molar-refractivity contribution in [2.75, 3.05) is 44.6 Å². The minimum Gasteiger partial charge on any atom is -0.385 e. The van der Waals surface area contributed by atoms with Crippen molar-refractivity contribution in [2.45, 2.75) is 27.2 Å². The Labute approximate surface area is 199 Å². The van der Waals surface area contributed by atoms with E-state index in [9.17, 15) is 4.79 Å². The van der Waals surface area contributed by atoms with Crippen molar-refractivity contribution in [2.24, 2.45) is 11.8 Å². The summed E-state index contributed by atoms with van der Waals surface area (Å²) in [5.74, 6) is 1.39. The molecule has 0 aromatic heterocycles. The first kappa shape index (κ1) is 22.6. The third-order valence-electron chi connectivity index (χ3n) is 6.82. The average molecular weight is 505 g/mol. The molecule has 2 aromatic rings. The molecule has 6 heteroatoms. The largest absolute Gasteiger partial charge is 0.385 e. The van der Waals surface area contributed by atoms with Crippen LogP contribution in [0.1, 0.15) is 33.5 Å². The van der Waals surface area contributed by atoms with Gasteiger partial charge in [0.15, 0.2) is 0 Å². The molecule has 2 heterocycles. The molecule has 2 aliphatic rings. The Morgan fingerprint density at radius 1 is 1.06 bits per heavy atom. The first-order valence-corrected chi connectivity index (χ1v) is 12.3. The van der Waals surface area contributed by atoms with Gasteiger partial charge in [-0.05, 0) is 80.5 Å². The van der Waals surface area contributed by atoms with Gasteiger partial charge in [0.1, 0.15) is 0 Å². The third-order valence-corrected chi connectivity index (χ3v) is 8.09. The zero-order valence-corrected chi connectivity index (χ0v) is 20.9. The Bertz CT molecular complexity index is 965. The molecule has 4 nitrogen and oxygen atoms in total. The summed E-state index contributed by atoms with van der Waals surface area (Å²) < 4.78 is 1.01. The van der Waals surface area contributed by atoms with Gasteiger partial charge in [0.05, 0.1) is 0 Å². The van der Waals surface area contributed by atoms with E-state index in [4.69, 9.17) is 11.6 Å². The Kier molecular flexibility index (Phi) is 6.95. The number of aryl methyl sites for hydroxylation is 2. The molecule has 2 saturated heterocycles. The summed E-state index contributed by atoms with van der Waals surface area (Å²) >= 11 is 9.78. The first-order valence-electron chi connectivity index (χ1n) is 11.1. The summed E-state index contributed by atoms with van der Waals surface area (Å²) in [7, 11) is 0. The van der Waals surface area contributed by atoms with E-state index in [1.54, 1.807) is 0 Å². The molecule has 0 spiro atoms. The lowest BCUT2D eigenvalue weighted by Gasteiger charge is -2.23. The summed E-state index contributed by atoms with van der Waals surface area (Å²) in [6.07, 6.45) is 1.10. The molecule has 0 saturated carbocycles. The second-order valence-electron chi connectivity index (χ2n) is 9.10. The Morgan fingerprint density at radius 3 is 2.42 bits per heavy atom. The number of fused-ring (bicyclic) bond motifs is 1. The van der Waals surface area contributed by atoms with Crippen LogP contribution in [0.4, 0.5) is 5.69 Å². The molecule has 0 radical (unpaired) electrons. The van der Waals surface area contributed by atoms with E-state index in [-0.39, 0.29) is 5.91 Å². The van der Waals surface area contributed by atoms with E-state index < -0.39 is 0 Å². The lowest BCUT2D eigenvalue weighted by atomic mass is 10.0. The fraction of sp³-hybridized carbons (Fsp3) is 0.480. The van der Waals surface area contributed by atoms with Crippen LogP contribution in [0.5, 0.6) is 0 Å². The quantitative estimate of drug-likeness (QED) is 0.525. The highest BCUT2D eigenvalue weighted by Gasteiger charge is 2.41. The third kappa shape index (κ3) is 4.94. The minimum absolute atomic E-state index is 0.193. The summed E-state index contributed by atoms with van der Waals surface area (Å²) in [4.78, 5) is 17.9. The minimum atomic E-state index is 0.193. The molecule has 2 unspecified atom stereocenters. The number of anilines is 1. The fourth-order valence-electron chi connectivity index (χ4n) is 4.99. The van der Waals surface area contributed by atoms with E-state index in [1.807, 2.05) is 39.0 Å². The highest BCUT2D eigenvalue weighted by atomic mass is 79.9. The van der Waals surface area contributed by atoms with Gasteiger partial charge in [-0.3, -0.25) is 4.79 Å². The van der Waals surface area contributed by atoms with Gasteiger partial charge >= 0.3 is 0 Å². The molecule has 31 heavy (non-hydrogen) atoms. The smallest absolute Gasteiger partial charge is 0.254 e. The fourth-order valence-corrected chi connectivity index (χ4v) is 5.50. The average Bonchev–Trinajstić information content (AvgIpc) is 3.30. The summed E-state index contributed by atoms with van der Waals surface area (Å²) in [6.45, 7) is 12.1. The van der Waals surface area contributed by atoms with Crippen LogP contribution in [0.15, 0.2) is 34.8 Å². The van der Waals surface area contributed by atoms with E-state index in [0.717, 1.165) is 83.1 Å². The molecule has 1 amide bonds. The lowest BCUT2D eigenvalue weighted by Crippen LogP contribution is -2.34. The Morgan fingerprint density at radius 2 is 1.74 bits per heavy atom. The Hall–Kier alpha value is -1.56. The van der Waals surface area contributed by atoms with Gasteiger partial charge in [-0.25, -0.2) is 0 Å². The van der Waals surface area contributed by atoms with Crippen molar-refractivity contribution in [3.05, 3.63) is 62.1 Å². The molecule has 4 rings (SSSR count). The van der Waals surface area contributed by atoms with Gasteiger partial charge in [0, 0.05) is 53.5 Å². The van der Waals surface area contributed by atoms with Crippen LogP contribution in [-0.2, 0) is 0 Å². The topological polar surface area (TPSA) is 35.6 Å². The van der Waals surface area contributed by atoms with Gasteiger partial charge in [-0.15, -0.1) is 0 Å². The SMILES string of the molecule is Cc1ccc(NCCCN2CC3CN(C(=O)c4c(C)ccc(Br)c4C)CC3C2)cc1Cl. The molecule has 2 aromatic carbocycles. The first-order chi connectivity index (χ1) is 14.8. The Balaban J connectivity index is 1.24. The van der Waals surface area contributed by atoms with E-state index in [2.05, 4.69) is 43.2 Å². The van der Waals surface area contributed by atoms with Crippen LogP contribution in [-0.4, -0.2) is 55.0 Å². The number of nitrogens with zero attached hydrogens (tertiary/aromatic N) is 2. The predicted molar refractivity (Wildman–Crippen MR) is 132 cm³/mol. The number of hydrogen-bond acceptors (Lipinski definition) is 3. The highest BCUT2D eigenvalue weighted by Crippen LogP contribution is 2.33. The molecule has 166 valence electrons. The number of benzene rings is 2. The maximum atomic E-state index is 13.2. The number of carbonyl (C=O) groups excluding carboxylic acids is 1. The predicted octanol–water partition coefficient (Wildman–Crippen LogP) is 5.53. The summed E-state index contributed by atoms with van der Waals surface area (Å²) in [6, 6.07) is 10.2. The van der Waals surface area contributed by atoms with Crippen molar-refractivity contribution < 1.29 is 4.79 Å². The summed E-state index contributed by atoms with van der Waals surface area (Å²) in [5.41, 5.74) is 5.17. The van der Waals surface area contributed by atoms with E-state index in [0.29, 0.717) is 11.8 Å². The molecular weight excluding hydrogens is 474 g/mol. The van der Waals surface area contributed by atoms with Gasteiger partial charge in [0.2, 0.25) is 0 Å². The molecule has 2 aliphatic heterocycles. The van der Waals surface area contributed by atoms with E-state index >= 15 is 0 Å². The van der Waals surface area contributed by atoms with Gasteiger partial charge < -0.3 is 15.1 Å². The van der Waals surface area contributed by atoms with Crippen LogP contribution in [0, 0.1) is 32.6 Å². The maximum absolute atomic E-state index is 13.2. The van der Waals surface area contributed by atoms with Crippen molar-refractivity contribution in [1.82, 2.24) is 9.80 Å². The zero-order valence-electron chi connectivity index (χ0n) is 18.5. The van der Waals surface area contributed by atoms with Crippen molar-refractivity contribution in [1.29, 1.82) is 0 Å². The normalized spacial score (nSPS) is 20.9. The maximum Gasteiger partial charge on any atom is 0.254 e. The molecule has 2 atom stereocenters. The molecule has 1 N–H and O–H groups in total. The highest BCUT2D eigenvalue weighted by molar-refractivity contribution is 9.10. The summed E-state index contributed by atoms with van der Waals surface area (Å²) in [5, 5.41) is 4.28.